The van der Waals surface area contributed by atoms with Gasteiger partial charge < -0.3 is 9.32 Å². The van der Waals surface area contributed by atoms with Crippen molar-refractivity contribution in [2.45, 2.75) is 0 Å². The predicted octanol–water partition coefficient (Wildman–Crippen LogP) is 13.7. The lowest BCUT2D eigenvalue weighted by Gasteiger charge is -2.28. The molecule has 9 rings (SSSR count). The number of para-hydroxylation sites is 4. The molecular weight excluding hydrogens is 607 g/mol. The molecule has 1 heterocycles. The topological polar surface area (TPSA) is 16.4 Å². The van der Waals surface area contributed by atoms with Gasteiger partial charge in [0.2, 0.25) is 0 Å². The van der Waals surface area contributed by atoms with Gasteiger partial charge in [0, 0.05) is 22.0 Å². The molecule has 0 unspecified atom stereocenters. The third kappa shape index (κ3) is 5.24. The first-order chi connectivity index (χ1) is 24.8. The van der Waals surface area contributed by atoms with Gasteiger partial charge >= 0.3 is 0 Å². The van der Waals surface area contributed by atoms with Crippen LogP contribution in [-0.2, 0) is 0 Å². The lowest BCUT2D eigenvalue weighted by atomic mass is 9.86. The summed E-state index contributed by atoms with van der Waals surface area (Å²) in [6.07, 6.45) is 0. The van der Waals surface area contributed by atoms with Gasteiger partial charge in [-0.05, 0) is 75.3 Å². The molecule has 0 bridgehead atoms. The van der Waals surface area contributed by atoms with E-state index in [4.69, 9.17) is 4.42 Å². The first kappa shape index (κ1) is 29.5. The Balaban J connectivity index is 1.33. The van der Waals surface area contributed by atoms with E-state index < -0.39 is 0 Å². The van der Waals surface area contributed by atoms with Crippen LogP contribution in [0.2, 0.25) is 0 Å². The average molecular weight is 640 g/mol. The van der Waals surface area contributed by atoms with Crippen LogP contribution in [0.15, 0.2) is 205 Å². The zero-order chi connectivity index (χ0) is 33.3. The van der Waals surface area contributed by atoms with Crippen molar-refractivity contribution in [1.82, 2.24) is 0 Å². The molecule has 0 saturated heterocycles. The lowest BCUT2D eigenvalue weighted by Crippen LogP contribution is -2.11. The summed E-state index contributed by atoms with van der Waals surface area (Å²) >= 11 is 0. The van der Waals surface area contributed by atoms with Gasteiger partial charge in [0.1, 0.15) is 5.58 Å². The van der Waals surface area contributed by atoms with Crippen molar-refractivity contribution in [3.8, 4) is 44.5 Å². The van der Waals surface area contributed by atoms with Crippen molar-refractivity contribution in [3.63, 3.8) is 0 Å². The molecular formula is C48H33NO. The molecule has 9 aromatic rings. The Kier molecular flexibility index (Phi) is 7.53. The van der Waals surface area contributed by atoms with Crippen LogP contribution in [0.25, 0.3) is 66.4 Å². The number of furan rings is 1. The van der Waals surface area contributed by atoms with E-state index in [0.29, 0.717) is 0 Å². The molecule has 0 fully saturated rings. The second kappa shape index (κ2) is 12.8. The van der Waals surface area contributed by atoms with Gasteiger partial charge in [-0.1, -0.05) is 164 Å². The molecule has 1 aromatic heterocycles. The molecule has 0 saturated carbocycles. The highest BCUT2D eigenvalue weighted by Gasteiger charge is 2.23. The van der Waals surface area contributed by atoms with E-state index in [9.17, 15) is 0 Å². The number of rotatable bonds is 7. The molecule has 0 amide bonds. The third-order valence-corrected chi connectivity index (χ3v) is 9.50. The number of nitrogens with zero attached hydrogens (tertiary/aromatic N) is 1. The van der Waals surface area contributed by atoms with Crippen LogP contribution >= 0.6 is 0 Å². The van der Waals surface area contributed by atoms with Gasteiger partial charge in [-0.25, -0.2) is 0 Å². The third-order valence-electron chi connectivity index (χ3n) is 9.50. The average Bonchev–Trinajstić information content (AvgIpc) is 3.59. The predicted molar refractivity (Wildman–Crippen MR) is 210 cm³/mol. The van der Waals surface area contributed by atoms with Crippen LogP contribution in [0.1, 0.15) is 0 Å². The molecule has 0 aliphatic heterocycles. The van der Waals surface area contributed by atoms with Crippen molar-refractivity contribution >= 4 is 39.0 Å². The number of benzene rings is 8. The summed E-state index contributed by atoms with van der Waals surface area (Å²) in [6.45, 7) is 0. The summed E-state index contributed by atoms with van der Waals surface area (Å²) in [5.74, 6) is 0. The van der Waals surface area contributed by atoms with Crippen LogP contribution in [0.5, 0.6) is 0 Å². The second-order valence-electron chi connectivity index (χ2n) is 12.5. The maximum absolute atomic E-state index is 6.65. The van der Waals surface area contributed by atoms with E-state index in [1.54, 1.807) is 0 Å². The highest BCUT2D eigenvalue weighted by Crippen LogP contribution is 2.48. The Hall–Kier alpha value is -6.64. The SMILES string of the molecule is c1ccc(-c2ccc(-c3ccccc3-c3ccccc3)c(-c3ccccc3N(c3ccccc3)c3cccc4c3oc3ccccc34)c2)cc1. The molecule has 0 radical (unpaired) electrons. The standard InChI is InChI=1S/C48H33NO/c1-4-17-34(18-5-1)36-31-32-40(39-24-11-10-23-38(39)35-19-6-2-7-20-35)44(33-36)41-25-12-14-28-45(41)49(37-21-8-3-9-22-37)46-29-16-27-43-42-26-13-15-30-47(42)50-48(43)46/h1-33H. The Morgan fingerprint density at radius 1 is 0.320 bits per heavy atom. The highest BCUT2D eigenvalue weighted by atomic mass is 16.3. The Morgan fingerprint density at radius 3 is 1.66 bits per heavy atom. The fraction of sp³-hybridized carbons (Fsp3) is 0. The van der Waals surface area contributed by atoms with Gasteiger partial charge in [0.15, 0.2) is 5.58 Å². The van der Waals surface area contributed by atoms with Crippen LogP contribution < -0.4 is 4.90 Å². The minimum absolute atomic E-state index is 0.861. The highest BCUT2D eigenvalue weighted by molar-refractivity contribution is 6.11. The van der Waals surface area contributed by atoms with Crippen molar-refractivity contribution in [3.05, 3.63) is 200 Å². The summed E-state index contributed by atoms with van der Waals surface area (Å²) in [7, 11) is 0. The Morgan fingerprint density at radius 2 is 0.880 bits per heavy atom. The summed E-state index contributed by atoms with van der Waals surface area (Å²) in [6, 6.07) is 71.1. The van der Waals surface area contributed by atoms with Crippen molar-refractivity contribution in [1.29, 1.82) is 0 Å². The normalized spacial score (nSPS) is 11.2. The monoisotopic (exact) mass is 639 g/mol. The van der Waals surface area contributed by atoms with E-state index in [2.05, 4.69) is 193 Å². The van der Waals surface area contributed by atoms with Gasteiger partial charge in [0.05, 0.1) is 11.4 Å². The first-order valence-corrected chi connectivity index (χ1v) is 17.0. The van der Waals surface area contributed by atoms with Crippen molar-refractivity contribution in [2.75, 3.05) is 4.90 Å². The molecule has 8 aromatic carbocycles. The van der Waals surface area contributed by atoms with Crippen LogP contribution in [-0.4, -0.2) is 0 Å². The fourth-order valence-corrected chi connectivity index (χ4v) is 7.19. The molecule has 236 valence electrons. The zero-order valence-electron chi connectivity index (χ0n) is 27.4. The van der Waals surface area contributed by atoms with Gasteiger partial charge in [-0.3, -0.25) is 0 Å². The van der Waals surface area contributed by atoms with Crippen molar-refractivity contribution in [2.24, 2.45) is 0 Å². The maximum Gasteiger partial charge on any atom is 0.159 e. The van der Waals surface area contributed by atoms with E-state index >= 15 is 0 Å². The van der Waals surface area contributed by atoms with E-state index in [0.717, 1.165) is 50.1 Å². The second-order valence-corrected chi connectivity index (χ2v) is 12.5. The fourth-order valence-electron chi connectivity index (χ4n) is 7.19. The van der Waals surface area contributed by atoms with Crippen LogP contribution in [0.4, 0.5) is 17.1 Å². The largest absolute Gasteiger partial charge is 0.454 e. The van der Waals surface area contributed by atoms with Gasteiger partial charge in [0.25, 0.3) is 0 Å². The minimum Gasteiger partial charge on any atom is -0.454 e. The molecule has 0 atom stereocenters. The summed E-state index contributed by atoms with van der Waals surface area (Å²) in [4.78, 5) is 2.35. The van der Waals surface area contributed by atoms with E-state index in [-0.39, 0.29) is 0 Å². The molecule has 50 heavy (non-hydrogen) atoms. The molecule has 0 aliphatic carbocycles. The Labute approximate surface area is 292 Å². The van der Waals surface area contributed by atoms with Gasteiger partial charge in [-0.2, -0.15) is 0 Å². The molecule has 0 aliphatic rings. The number of hydrogen-bond acceptors (Lipinski definition) is 2. The molecule has 0 N–H and O–H groups in total. The number of anilines is 3. The number of fused-ring (bicyclic) bond motifs is 3. The van der Waals surface area contributed by atoms with Gasteiger partial charge in [-0.15, -0.1) is 0 Å². The summed E-state index contributed by atoms with van der Waals surface area (Å²) in [5, 5.41) is 2.21. The minimum atomic E-state index is 0.861. The number of hydrogen-bond donors (Lipinski definition) is 0. The maximum atomic E-state index is 6.65. The molecule has 0 spiro atoms. The van der Waals surface area contributed by atoms with E-state index in [1.165, 1.54) is 33.4 Å². The van der Waals surface area contributed by atoms with Crippen LogP contribution in [0.3, 0.4) is 0 Å². The van der Waals surface area contributed by atoms with Crippen LogP contribution in [0, 0.1) is 0 Å². The van der Waals surface area contributed by atoms with Crippen molar-refractivity contribution < 1.29 is 4.42 Å². The zero-order valence-corrected chi connectivity index (χ0v) is 27.4. The Bertz CT molecular complexity index is 2590. The summed E-state index contributed by atoms with van der Waals surface area (Å²) in [5.41, 5.74) is 14.2. The lowest BCUT2D eigenvalue weighted by molar-refractivity contribution is 0.669. The molecule has 2 nitrogen and oxygen atoms in total. The molecule has 2 heteroatoms. The quantitative estimate of drug-likeness (QED) is 0.173. The van der Waals surface area contributed by atoms with E-state index in [1.807, 2.05) is 12.1 Å². The summed E-state index contributed by atoms with van der Waals surface area (Å²) < 4.78 is 6.65. The first-order valence-electron chi connectivity index (χ1n) is 17.0. The smallest absolute Gasteiger partial charge is 0.159 e.